The lowest BCUT2D eigenvalue weighted by molar-refractivity contribution is -0.274. The molecule has 0 unspecified atom stereocenters. The number of benzene rings is 3. The number of hydrogen-bond donors (Lipinski definition) is 1. The normalized spacial score (nSPS) is 11.8. The van der Waals surface area contributed by atoms with Crippen LogP contribution in [0.3, 0.4) is 0 Å². The van der Waals surface area contributed by atoms with Crippen LogP contribution in [0.2, 0.25) is 0 Å². The highest BCUT2D eigenvalue weighted by Crippen LogP contribution is 2.29. The van der Waals surface area contributed by atoms with Crippen LogP contribution in [-0.2, 0) is 4.79 Å². The van der Waals surface area contributed by atoms with Gasteiger partial charge in [-0.05, 0) is 53.1 Å². The minimum Gasteiger partial charge on any atom is -0.482 e. The lowest BCUT2D eigenvalue weighted by Gasteiger charge is -2.12. The average molecular weight is 460 g/mol. The summed E-state index contributed by atoms with van der Waals surface area (Å²) in [6, 6.07) is 22.4. The zero-order chi connectivity index (χ0) is 23.0. The smallest absolute Gasteiger partial charge is 0.482 e. The van der Waals surface area contributed by atoms with Gasteiger partial charge in [-0.25, -0.2) is 4.79 Å². The molecule has 0 heterocycles. The van der Waals surface area contributed by atoms with Gasteiger partial charge in [0.1, 0.15) is 11.5 Å². The van der Waals surface area contributed by atoms with Crippen molar-refractivity contribution in [3.8, 4) is 11.5 Å². The molecule has 1 N–H and O–H groups in total. The summed E-state index contributed by atoms with van der Waals surface area (Å²) >= 11 is 1.56. The van der Waals surface area contributed by atoms with Gasteiger partial charge in [0.05, 0.1) is 0 Å². The van der Waals surface area contributed by atoms with Gasteiger partial charge >= 0.3 is 12.3 Å². The van der Waals surface area contributed by atoms with Crippen molar-refractivity contribution in [3.05, 3.63) is 96.1 Å². The number of ether oxygens (including phenoxy) is 2. The number of thioether (sulfide) groups is 1. The van der Waals surface area contributed by atoms with E-state index in [4.69, 9.17) is 9.84 Å². The van der Waals surface area contributed by atoms with Crippen LogP contribution >= 0.6 is 11.8 Å². The van der Waals surface area contributed by atoms with Gasteiger partial charge in [-0.2, -0.15) is 0 Å². The second-order valence-corrected chi connectivity index (χ2v) is 7.61. The third-order valence-electron chi connectivity index (χ3n) is 4.21. The first kappa shape index (κ1) is 23.3. The maximum atomic E-state index is 12.4. The van der Waals surface area contributed by atoms with E-state index in [0.29, 0.717) is 11.5 Å². The van der Waals surface area contributed by atoms with Crippen LogP contribution in [0.4, 0.5) is 13.2 Å². The van der Waals surface area contributed by atoms with Gasteiger partial charge in [0.15, 0.2) is 6.61 Å². The summed E-state index contributed by atoms with van der Waals surface area (Å²) < 4.78 is 46.4. The Kier molecular flexibility index (Phi) is 7.83. The van der Waals surface area contributed by atoms with Crippen molar-refractivity contribution in [2.75, 3.05) is 12.4 Å². The summed E-state index contributed by atoms with van der Waals surface area (Å²) in [4.78, 5) is 11.5. The molecule has 166 valence electrons. The van der Waals surface area contributed by atoms with Crippen LogP contribution < -0.4 is 9.47 Å². The number of aliphatic carboxylic acids is 1. The second kappa shape index (κ2) is 10.8. The Labute approximate surface area is 187 Å². The monoisotopic (exact) mass is 460 g/mol. The van der Waals surface area contributed by atoms with Crippen LogP contribution in [0, 0.1) is 0 Å². The standard InChI is InChI=1S/C24H19F3O4S/c25-24(26,27)31-20-8-6-18(7-9-20)22(17-4-2-1-3-5-17)14-15-32-21-12-10-19(11-13-21)30-16-23(28)29/h1-14H,15-16H2,(H,28,29)/b22-14-. The molecule has 0 aliphatic rings. The van der Waals surface area contributed by atoms with Crippen LogP contribution in [-0.4, -0.2) is 29.8 Å². The maximum absolute atomic E-state index is 12.4. The van der Waals surface area contributed by atoms with Crippen molar-refractivity contribution in [1.29, 1.82) is 0 Å². The number of carbonyl (C=O) groups is 1. The van der Waals surface area contributed by atoms with Crippen molar-refractivity contribution in [2.45, 2.75) is 11.3 Å². The summed E-state index contributed by atoms with van der Waals surface area (Å²) in [5.41, 5.74) is 2.59. The van der Waals surface area contributed by atoms with Crippen LogP contribution in [0.5, 0.6) is 11.5 Å². The van der Waals surface area contributed by atoms with E-state index in [2.05, 4.69) is 4.74 Å². The van der Waals surface area contributed by atoms with E-state index in [1.807, 2.05) is 48.5 Å². The molecule has 8 heteroatoms. The third-order valence-corrected chi connectivity index (χ3v) is 5.15. The summed E-state index contributed by atoms with van der Waals surface area (Å²) in [6.07, 6.45) is -2.72. The lowest BCUT2D eigenvalue weighted by Crippen LogP contribution is -2.17. The van der Waals surface area contributed by atoms with E-state index in [0.717, 1.165) is 21.6 Å². The van der Waals surface area contributed by atoms with E-state index in [9.17, 15) is 18.0 Å². The predicted octanol–water partition coefficient (Wildman–Crippen LogP) is 6.27. The predicted molar refractivity (Wildman–Crippen MR) is 117 cm³/mol. The highest BCUT2D eigenvalue weighted by molar-refractivity contribution is 7.99. The molecule has 0 spiro atoms. The Morgan fingerprint density at radius 3 is 2.06 bits per heavy atom. The highest BCUT2D eigenvalue weighted by Gasteiger charge is 2.31. The molecule has 0 radical (unpaired) electrons. The first-order chi connectivity index (χ1) is 15.3. The van der Waals surface area contributed by atoms with Gasteiger partial charge in [0.25, 0.3) is 0 Å². The first-order valence-corrected chi connectivity index (χ1v) is 10.5. The Morgan fingerprint density at radius 2 is 1.47 bits per heavy atom. The third kappa shape index (κ3) is 7.39. The van der Waals surface area contributed by atoms with E-state index in [1.165, 1.54) is 12.1 Å². The summed E-state index contributed by atoms with van der Waals surface area (Å²) in [5.74, 6) is -0.230. The SMILES string of the molecule is O=C(O)COc1ccc(SC/C=C(/c2ccccc2)c2ccc(OC(F)(F)F)cc2)cc1. The van der Waals surface area contributed by atoms with Gasteiger partial charge in [-0.1, -0.05) is 48.5 Å². The molecule has 3 rings (SSSR count). The van der Waals surface area contributed by atoms with Crippen molar-refractivity contribution >= 4 is 23.3 Å². The molecular weight excluding hydrogens is 441 g/mol. The molecule has 0 saturated heterocycles. The Morgan fingerprint density at radius 1 is 0.875 bits per heavy atom. The maximum Gasteiger partial charge on any atom is 0.573 e. The number of rotatable bonds is 9. The number of hydrogen-bond acceptors (Lipinski definition) is 4. The van der Waals surface area contributed by atoms with Crippen molar-refractivity contribution in [1.82, 2.24) is 0 Å². The highest BCUT2D eigenvalue weighted by atomic mass is 32.2. The van der Waals surface area contributed by atoms with Crippen LogP contribution in [0.25, 0.3) is 5.57 Å². The molecule has 0 aliphatic carbocycles. The van der Waals surface area contributed by atoms with Gasteiger partial charge < -0.3 is 14.6 Å². The lowest BCUT2D eigenvalue weighted by atomic mass is 9.98. The van der Waals surface area contributed by atoms with Crippen molar-refractivity contribution in [3.63, 3.8) is 0 Å². The quantitative estimate of drug-likeness (QED) is 0.381. The van der Waals surface area contributed by atoms with Gasteiger partial charge in [0.2, 0.25) is 0 Å². The fourth-order valence-corrected chi connectivity index (χ4v) is 3.63. The molecule has 0 bridgehead atoms. The van der Waals surface area contributed by atoms with Crippen LogP contribution in [0.15, 0.2) is 89.8 Å². The van der Waals surface area contributed by atoms with Gasteiger partial charge in [-0.3, -0.25) is 0 Å². The minimum atomic E-state index is -4.73. The fourth-order valence-electron chi connectivity index (χ4n) is 2.85. The molecule has 32 heavy (non-hydrogen) atoms. The van der Waals surface area contributed by atoms with Gasteiger partial charge in [-0.15, -0.1) is 24.9 Å². The molecule has 0 amide bonds. The number of carboxylic acid groups (broad SMARTS) is 1. The van der Waals surface area contributed by atoms with Crippen molar-refractivity contribution in [2.24, 2.45) is 0 Å². The Bertz CT molecular complexity index is 1050. The molecule has 0 saturated carbocycles. The van der Waals surface area contributed by atoms with E-state index in [-0.39, 0.29) is 5.75 Å². The topological polar surface area (TPSA) is 55.8 Å². The fraction of sp³-hybridized carbons (Fsp3) is 0.125. The minimum absolute atomic E-state index is 0.270. The number of alkyl halides is 3. The first-order valence-electron chi connectivity index (χ1n) is 9.49. The summed E-state index contributed by atoms with van der Waals surface area (Å²) in [6.45, 7) is -0.400. The number of carboxylic acids is 1. The van der Waals surface area contributed by atoms with Crippen LogP contribution in [0.1, 0.15) is 11.1 Å². The molecular formula is C24H19F3O4S. The zero-order valence-corrected chi connectivity index (χ0v) is 17.5. The summed E-state index contributed by atoms with van der Waals surface area (Å²) in [7, 11) is 0. The molecule has 3 aromatic carbocycles. The Hall–Kier alpha value is -3.39. The molecule has 0 aliphatic heterocycles. The molecule has 0 atom stereocenters. The van der Waals surface area contributed by atoms with E-state index in [1.54, 1.807) is 36.0 Å². The van der Waals surface area contributed by atoms with E-state index >= 15 is 0 Å². The molecule has 0 aromatic heterocycles. The number of halogens is 3. The Balaban J connectivity index is 1.73. The zero-order valence-electron chi connectivity index (χ0n) is 16.7. The van der Waals surface area contributed by atoms with E-state index < -0.39 is 18.9 Å². The molecule has 0 fully saturated rings. The van der Waals surface area contributed by atoms with Crippen molar-refractivity contribution < 1.29 is 32.5 Å². The average Bonchev–Trinajstić information content (AvgIpc) is 2.76. The van der Waals surface area contributed by atoms with Gasteiger partial charge in [0, 0.05) is 10.6 Å². The largest absolute Gasteiger partial charge is 0.573 e. The second-order valence-electron chi connectivity index (χ2n) is 6.52. The molecule has 3 aromatic rings. The molecule has 4 nitrogen and oxygen atoms in total. The summed E-state index contributed by atoms with van der Waals surface area (Å²) in [5, 5.41) is 8.66.